The predicted molar refractivity (Wildman–Crippen MR) is 74.2 cm³/mol. The third-order valence-corrected chi connectivity index (χ3v) is 3.01. The van der Waals surface area contributed by atoms with E-state index in [1.165, 1.54) is 12.3 Å². The SMILES string of the molecule is CC(C)(C)OC(=O)Nc1nc2ncc(C(=O)O)cc2s1. The van der Waals surface area contributed by atoms with Crippen molar-refractivity contribution >= 4 is 38.9 Å². The molecule has 0 aliphatic rings. The number of hydrogen-bond donors (Lipinski definition) is 2. The lowest BCUT2D eigenvalue weighted by atomic mass is 10.2. The van der Waals surface area contributed by atoms with E-state index in [0.29, 0.717) is 15.5 Å². The minimum atomic E-state index is -1.06. The van der Waals surface area contributed by atoms with E-state index < -0.39 is 17.7 Å². The summed E-state index contributed by atoms with van der Waals surface area (Å²) in [5.74, 6) is -1.06. The Balaban J connectivity index is 2.20. The Labute approximate surface area is 118 Å². The van der Waals surface area contributed by atoms with Crippen LogP contribution in [0.15, 0.2) is 12.3 Å². The third-order valence-electron chi connectivity index (χ3n) is 2.10. The molecule has 2 rings (SSSR count). The van der Waals surface area contributed by atoms with Crippen molar-refractivity contribution in [2.45, 2.75) is 26.4 Å². The molecule has 7 nitrogen and oxygen atoms in total. The number of pyridine rings is 1. The largest absolute Gasteiger partial charge is 0.478 e. The number of aromatic carboxylic acids is 1. The Hall–Kier alpha value is -2.22. The van der Waals surface area contributed by atoms with Crippen LogP contribution in [0.5, 0.6) is 0 Å². The van der Waals surface area contributed by atoms with E-state index >= 15 is 0 Å². The molecule has 8 heteroatoms. The zero-order valence-electron chi connectivity index (χ0n) is 11.1. The minimum Gasteiger partial charge on any atom is -0.478 e. The molecule has 0 radical (unpaired) electrons. The smallest absolute Gasteiger partial charge is 0.413 e. The first-order chi connectivity index (χ1) is 9.24. The summed E-state index contributed by atoms with van der Waals surface area (Å²) in [6.45, 7) is 5.27. The standard InChI is InChI=1S/C12H13N3O4S/c1-12(2,3)19-11(18)15-10-14-8-7(20-10)4-6(5-13-8)9(16)17/h4-5H,1-3H3,(H,16,17)(H,13,14,15,18). The number of nitrogens with one attached hydrogen (secondary N) is 1. The number of thiazole rings is 1. The monoisotopic (exact) mass is 295 g/mol. The minimum absolute atomic E-state index is 0.0740. The molecule has 0 aliphatic carbocycles. The number of ether oxygens (including phenoxy) is 1. The van der Waals surface area contributed by atoms with Gasteiger partial charge in [-0.05, 0) is 26.8 Å². The van der Waals surface area contributed by atoms with Gasteiger partial charge in [0.05, 0.1) is 10.3 Å². The Bertz CT molecular complexity index is 675. The van der Waals surface area contributed by atoms with Crippen LogP contribution >= 0.6 is 11.3 Å². The topological polar surface area (TPSA) is 101 Å². The van der Waals surface area contributed by atoms with E-state index in [-0.39, 0.29) is 5.56 Å². The summed E-state index contributed by atoms with van der Waals surface area (Å²) >= 11 is 1.13. The summed E-state index contributed by atoms with van der Waals surface area (Å²) in [7, 11) is 0. The molecule has 2 N–H and O–H groups in total. The molecule has 0 atom stereocenters. The number of carboxylic acids is 1. The normalized spacial score (nSPS) is 11.3. The van der Waals surface area contributed by atoms with E-state index in [0.717, 1.165) is 11.3 Å². The van der Waals surface area contributed by atoms with E-state index in [9.17, 15) is 9.59 Å². The molecule has 2 aromatic rings. The van der Waals surface area contributed by atoms with Crippen molar-refractivity contribution in [1.29, 1.82) is 0 Å². The number of nitrogens with zero attached hydrogens (tertiary/aromatic N) is 2. The van der Waals surface area contributed by atoms with Crippen LogP contribution in [0.1, 0.15) is 31.1 Å². The summed E-state index contributed by atoms with van der Waals surface area (Å²) in [6, 6.07) is 1.46. The van der Waals surface area contributed by atoms with E-state index in [1.807, 2.05) is 0 Å². The van der Waals surface area contributed by atoms with Crippen molar-refractivity contribution in [2.24, 2.45) is 0 Å². The van der Waals surface area contributed by atoms with Gasteiger partial charge < -0.3 is 9.84 Å². The molecular formula is C12H13N3O4S. The average molecular weight is 295 g/mol. The van der Waals surface area contributed by atoms with Crippen molar-refractivity contribution in [2.75, 3.05) is 5.32 Å². The zero-order valence-corrected chi connectivity index (χ0v) is 11.9. The highest BCUT2D eigenvalue weighted by Gasteiger charge is 2.18. The lowest BCUT2D eigenvalue weighted by Crippen LogP contribution is -2.27. The zero-order chi connectivity index (χ0) is 14.9. The summed E-state index contributed by atoms with van der Waals surface area (Å²) in [6.07, 6.45) is 0.608. The molecule has 2 aromatic heterocycles. The highest BCUT2D eigenvalue weighted by molar-refractivity contribution is 7.22. The lowest BCUT2D eigenvalue weighted by molar-refractivity contribution is 0.0634. The first kappa shape index (κ1) is 14.2. The van der Waals surface area contributed by atoms with Crippen molar-refractivity contribution in [3.8, 4) is 0 Å². The molecule has 106 valence electrons. The number of hydrogen-bond acceptors (Lipinski definition) is 6. The third kappa shape index (κ3) is 3.41. The Kier molecular flexibility index (Phi) is 3.58. The van der Waals surface area contributed by atoms with Gasteiger partial charge in [-0.2, -0.15) is 4.98 Å². The molecule has 2 heterocycles. The number of carbonyl (C=O) groups excluding carboxylic acids is 1. The van der Waals surface area contributed by atoms with Crippen molar-refractivity contribution in [3.05, 3.63) is 17.8 Å². The molecule has 0 saturated carbocycles. The van der Waals surface area contributed by atoms with Gasteiger partial charge in [-0.1, -0.05) is 11.3 Å². The van der Waals surface area contributed by atoms with Crippen molar-refractivity contribution in [3.63, 3.8) is 0 Å². The van der Waals surface area contributed by atoms with E-state index in [2.05, 4.69) is 15.3 Å². The molecule has 0 fully saturated rings. The number of fused-ring (bicyclic) bond motifs is 1. The van der Waals surface area contributed by atoms with E-state index in [1.54, 1.807) is 20.8 Å². The summed E-state index contributed by atoms with van der Waals surface area (Å²) < 4.78 is 5.68. The van der Waals surface area contributed by atoms with Crippen LogP contribution in [0.25, 0.3) is 10.3 Å². The molecule has 0 spiro atoms. The fraction of sp³-hybridized carbons (Fsp3) is 0.333. The van der Waals surface area contributed by atoms with Crippen molar-refractivity contribution < 1.29 is 19.4 Å². The van der Waals surface area contributed by atoms with Gasteiger partial charge in [0.15, 0.2) is 10.8 Å². The second kappa shape index (κ2) is 5.04. The highest BCUT2D eigenvalue weighted by atomic mass is 32.1. The molecule has 0 aromatic carbocycles. The molecule has 1 amide bonds. The number of carbonyl (C=O) groups is 2. The Morgan fingerprint density at radius 1 is 1.40 bits per heavy atom. The van der Waals surface area contributed by atoms with Gasteiger partial charge in [-0.15, -0.1) is 0 Å². The number of anilines is 1. The fourth-order valence-corrected chi connectivity index (χ4v) is 2.23. The van der Waals surface area contributed by atoms with Gasteiger partial charge in [-0.3, -0.25) is 5.32 Å². The second-order valence-electron chi connectivity index (χ2n) is 5.00. The molecule has 0 bridgehead atoms. The summed E-state index contributed by atoms with van der Waals surface area (Å²) in [4.78, 5) is 30.5. The summed E-state index contributed by atoms with van der Waals surface area (Å²) in [5, 5.41) is 11.7. The fourth-order valence-electron chi connectivity index (χ4n) is 1.38. The van der Waals surface area contributed by atoms with Crippen LogP contribution in [-0.2, 0) is 4.74 Å². The maximum absolute atomic E-state index is 11.6. The van der Waals surface area contributed by atoms with Gasteiger partial charge in [0, 0.05) is 6.20 Å². The van der Waals surface area contributed by atoms with Crippen LogP contribution in [0.4, 0.5) is 9.93 Å². The van der Waals surface area contributed by atoms with Gasteiger partial charge in [0.25, 0.3) is 0 Å². The molecule has 20 heavy (non-hydrogen) atoms. The first-order valence-electron chi connectivity index (χ1n) is 5.74. The van der Waals surface area contributed by atoms with Crippen LogP contribution < -0.4 is 5.32 Å². The molecule has 0 saturated heterocycles. The number of amides is 1. The highest BCUT2D eigenvalue weighted by Crippen LogP contribution is 2.25. The second-order valence-corrected chi connectivity index (χ2v) is 6.03. The molecule has 0 aliphatic heterocycles. The van der Waals surface area contributed by atoms with Crippen molar-refractivity contribution in [1.82, 2.24) is 9.97 Å². The molecular weight excluding hydrogens is 282 g/mol. The average Bonchev–Trinajstić information content (AvgIpc) is 2.66. The number of rotatable bonds is 2. The maximum atomic E-state index is 11.6. The van der Waals surface area contributed by atoms with Crippen LogP contribution in [0.3, 0.4) is 0 Å². The number of aromatic nitrogens is 2. The van der Waals surface area contributed by atoms with Crippen LogP contribution in [0, 0.1) is 0 Å². The van der Waals surface area contributed by atoms with Gasteiger partial charge in [0.1, 0.15) is 5.60 Å². The van der Waals surface area contributed by atoms with Gasteiger partial charge in [-0.25, -0.2) is 14.6 Å². The first-order valence-corrected chi connectivity index (χ1v) is 6.56. The van der Waals surface area contributed by atoms with Gasteiger partial charge in [0.2, 0.25) is 0 Å². The van der Waals surface area contributed by atoms with Crippen LogP contribution in [0.2, 0.25) is 0 Å². The summed E-state index contributed by atoms with van der Waals surface area (Å²) in [5.41, 5.74) is -0.147. The van der Waals surface area contributed by atoms with Gasteiger partial charge >= 0.3 is 12.1 Å². The number of carboxylic acid groups (broad SMARTS) is 1. The van der Waals surface area contributed by atoms with E-state index in [4.69, 9.17) is 9.84 Å². The maximum Gasteiger partial charge on any atom is 0.413 e. The Morgan fingerprint density at radius 2 is 2.10 bits per heavy atom. The van der Waals surface area contributed by atoms with Crippen LogP contribution in [-0.4, -0.2) is 32.7 Å². The molecule has 0 unspecified atom stereocenters. The predicted octanol–water partition coefficient (Wildman–Crippen LogP) is 2.74. The quantitative estimate of drug-likeness (QED) is 0.883. The lowest BCUT2D eigenvalue weighted by Gasteiger charge is -2.18. The Morgan fingerprint density at radius 3 is 2.70 bits per heavy atom.